The van der Waals surface area contributed by atoms with Crippen LogP contribution in [0.15, 0.2) is 67.1 Å². The highest BCUT2D eigenvalue weighted by Crippen LogP contribution is 2.33. The van der Waals surface area contributed by atoms with Gasteiger partial charge >= 0.3 is 0 Å². The van der Waals surface area contributed by atoms with Gasteiger partial charge in [0.15, 0.2) is 0 Å². The summed E-state index contributed by atoms with van der Waals surface area (Å²) in [6.45, 7) is 5.09. The van der Waals surface area contributed by atoms with E-state index in [0.717, 1.165) is 81.0 Å². The summed E-state index contributed by atoms with van der Waals surface area (Å²) < 4.78 is 14.2. The maximum absolute atomic E-state index is 14.2. The van der Waals surface area contributed by atoms with Gasteiger partial charge in [0.05, 0.1) is 22.6 Å². The molecule has 0 amide bonds. The molecule has 0 atom stereocenters. The van der Waals surface area contributed by atoms with Crippen molar-refractivity contribution in [1.29, 1.82) is 0 Å². The Morgan fingerprint density at radius 1 is 0.897 bits per heavy atom. The predicted octanol–water partition coefficient (Wildman–Crippen LogP) is 6.66. The van der Waals surface area contributed by atoms with Crippen molar-refractivity contribution in [2.45, 2.75) is 32.7 Å². The highest BCUT2D eigenvalue weighted by molar-refractivity contribution is 5.99. The van der Waals surface area contributed by atoms with Crippen LogP contribution in [-0.2, 0) is 6.54 Å². The molecule has 0 aliphatic carbocycles. The van der Waals surface area contributed by atoms with E-state index in [4.69, 9.17) is 4.98 Å². The van der Waals surface area contributed by atoms with Gasteiger partial charge in [-0.05, 0) is 92.5 Å². The minimum atomic E-state index is -0.274. The Hall–Kier alpha value is -4.43. The van der Waals surface area contributed by atoms with Gasteiger partial charge in [-0.3, -0.25) is 20.0 Å². The summed E-state index contributed by atoms with van der Waals surface area (Å²) >= 11 is 0. The molecule has 0 radical (unpaired) electrons. The molecule has 1 fully saturated rings. The number of nitrogens with one attached hydrogen (secondary N) is 2. The van der Waals surface area contributed by atoms with Crippen molar-refractivity contribution in [2.75, 3.05) is 13.1 Å². The second-order valence-corrected chi connectivity index (χ2v) is 10.4. The molecule has 8 heteroatoms. The Kier molecular flexibility index (Phi) is 5.89. The molecule has 0 unspecified atom stereocenters. The van der Waals surface area contributed by atoms with Crippen molar-refractivity contribution >= 4 is 21.9 Å². The van der Waals surface area contributed by atoms with Gasteiger partial charge < -0.3 is 4.98 Å². The van der Waals surface area contributed by atoms with E-state index in [1.807, 2.05) is 49.6 Å². The molecular formula is C31H28FN7. The van der Waals surface area contributed by atoms with Crippen LogP contribution in [0.3, 0.4) is 0 Å². The molecule has 0 bridgehead atoms. The summed E-state index contributed by atoms with van der Waals surface area (Å²) in [7, 11) is 0. The van der Waals surface area contributed by atoms with E-state index in [2.05, 4.69) is 36.1 Å². The monoisotopic (exact) mass is 517 g/mol. The van der Waals surface area contributed by atoms with Crippen molar-refractivity contribution in [3.8, 4) is 33.9 Å². The first-order valence-electron chi connectivity index (χ1n) is 13.4. The molecule has 1 aromatic carbocycles. The molecule has 2 N–H and O–H groups in total. The number of H-pyrrole nitrogens is 2. The minimum absolute atomic E-state index is 0.274. The Balaban J connectivity index is 1.26. The average Bonchev–Trinajstić information content (AvgIpc) is 3.57. The highest BCUT2D eigenvalue weighted by Gasteiger charge is 2.17. The number of hydrogen-bond acceptors (Lipinski definition) is 5. The van der Waals surface area contributed by atoms with Crippen LogP contribution < -0.4 is 0 Å². The number of rotatable bonds is 5. The first-order valence-corrected chi connectivity index (χ1v) is 13.4. The van der Waals surface area contributed by atoms with Crippen molar-refractivity contribution in [3.05, 3.63) is 84.1 Å². The zero-order chi connectivity index (χ0) is 26.3. The minimum Gasteiger partial charge on any atom is -0.353 e. The third kappa shape index (κ3) is 4.57. The summed E-state index contributed by atoms with van der Waals surface area (Å²) in [5.74, 6) is -0.274. The van der Waals surface area contributed by atoms with E-state index in [0.29, 0.717) is 0 Å². The number of aryl methyl sites for hydroxylation is 1. The largest absolute Gasteiger partial charge is 0.353 e. The van der Waals surface area contributed by atoms with E-state index < -0.39 is 0 Å². The lowest BCUT2D eigenvalue weighted by molar-refractivity contribution is 0.220. The molecule has 1 aliphatic rings. The second-order valence-electron chi connectivity index (χ2n) is 10.4. The number of fused-ring (bicyclic) bond motifs is 2. The number of aromatic nitrogens is 6. The van der Waals surface area contributed by atoms with Crippen LogP contribution in [0.5, 0.6) is 0 Å². The van der Waals surface area contributed by atoms with E-state index in [-0.39, 0.29) is 5.82 Å². The standard InChI is InChI=1S/C31H28FN7/c1-19-11-21(14-23(32)12-19)29-24-15-28(35-26(24)7-8-34-29)31-30-27(37-38-31)6-5-25(36-30)22-13-20(16-33-17-22)18-39-9-3-2-4-10-39/h5-8,11-17,35H,2-4,9-10,18H2,1H3,(H,37,38). The maximum Gasteiger partial charge on any atom is 0.135 e. The Bertz CT molecular complexity index is 1790. The lowest BCUT2D eigenvalue weighted by Crippen LogP contribution is -2.29. The SMILES string of the molecule is Cc1cc(F)cc(-c2nccc3[nH]c(-c4n[nH]c5ccc(-c6cncc(CN7CCCCC7)c6)nc45)cc23)c1. The Labute approximate surface area is 225 Å². The van der Waals surface area contributed by atoms with Gasteiger partial charge in [0.2, 0.25) is 0 Å². The fraction of sp³-hybridized carbons (Fsp3) is 0.226. The number of hydrogen-bond donors (Lipinski definition) is 2. The van der Waals surface area contributed by atoms with Gasteiger partial charge in [-0.2, -0.15) is 5.10 Å². The maximum atomic E-state index is 14.2. The highest BCUT2D eigenvalue weighted by atomic mass is 19.1. The fourth-order valence-electron chi connectivity index (χ4n) is 5.62. The van der Waals surface area contributed by atoms with Crippen molar-refractivity contribution in [3.63, 3.8) is 0 Å². The molecule has 6 aromatic rings. The van der Waals surface area contributed by atoms with Crippen LogP contribution in [0.25, 0.3) is 55.8 Å². The number of aromatic amines is 2. The van der Waals surface area contributed by atoms with Crippen LogP contribution in [0, 0.1) is 12.7 Å². The summed E-state index contributed by atoms with van der Waals surface area (Å²) in [4.78, 5) is 20.1. The average molecular weight is 518 g/mol. The van der Waals surface area contributed by atoms with Gasteiger partial charge in [0, 0.05) is 47.2 Å². The van der Waals surface area contributed by atoms with E-state index in [1.54, 1.807) is 6.20 Å². The first kappa shape index (κ1) is 23.7. The smallest absolute Gasteiger partial charge is 0.135 e. The van der Waals surface area contributed by atoms with Crippen molar-refractivity contribution < 1.29 is 4.39 Å². The molecule has 0 saturated carbocycles. The van der Waals surface area contributed by atoms with Gasteiger partial charge in [0.25, 0.3) is 0 Å². The molecular weight excluding hydrogens is 489 g/mol. The van der Waals surface area contributed by atoms with Crippen LogP contribution >= 0.6 is 0 Å². The van der Waals surface area contributed by atoms with E-state index in [9.17, 15) is 4.39 Å². The molecule has 5 aromatic heterocycles. The molecule has 1 aliphatic heterocycles. The lowest BCUT2D eigenvalue weighted by Gasteiger charge is -2.26. The summed E-state index contributed by atoms with van der Waals surface area (Å²) in [6.07, 6.45) is 9.42. The van der Waals surface area contributed by atoms with Crippen LogP contribution in [-0.4, -0.2) is 48.1 Å². The molecule has 194 valence electrons. The molecule has 6 heterocycles. The number of piperidine rings is 1. The van der Waals surface area contributed by atoms with Crippen LogP contribution in [0.1, 0.15) is 30.4 Å². The lowest BCUT2D eigenvalue weighted by atomic mass is 10.0. The van der Waals surface area contributed by atoms with Crippen LogP contribution in [0.2, 0.25) is 0 Å². The summed E-state index contributed by atoms with van der Waals surface area (Å²) in [5.41, 5.74) is 9.43. The van der Waals surface area contributed by atoms with Crippen molar-refractivity contribution in [1.82, 2.24) is 35.0 Å². The number of pyridine rings is 3. The number of benzene rings is 1. The van der Waals surface area contributed by atoms with E-state index in [1.165, 1.54) is 37.0 Å². The second kappa shape index (κ2) is 9.71. The molecule has 7 rings (SSSR count). The molecule has 7 nitrogen and oxygen atoms in total. The number of nitrogens with zero attached hydrogens (tertiary/aromatic N) is 5. The topological polar surface area (TPSA) is 86.4 Å². The van der Waals surface area contributed by atoms with Gasteiger partial charge in [-0.25, -0.2) is 9.37 Å². The number of likely N-dealkylation sites (tertiary alicyclic amines) is 1. The molecule has 1 saturated heterocycles. The molecule has 0 spiro atoms. The Morgan fingerprint density at radius 2 is 1.79 bits per heavy atom. The molecule has 39 heavy (non-hydrogen) atoms. The van der Waals surface area contributed by atoms with Gasteiger partial charge in [-0.1, -0.05) is 6.42 Å². The fourth-order valence-corrected chi connectivity index (χ4v) is 5.62. The van der Waals surface area contributed by atoms with E-state index >= 15 is 0 Å². The predicted molar refractivity (Wildman–Crippen MR) is 151 cm³/mol. The van der Waals surface area contributed by atoms with Crippen LogP contribution in [0.4, 0.5) is 4.39 Å². The quantitative estimate of drug-likeness (QED) is 0.267. The first-order chi connectivity index (χ1) is 19.1. The van der Waals surface area contributed by atoms with Crippen molar-refractivity contribution in [2.24, 2.45) is 0 Å². The van der Waals surface area contributed by atoms with Gasteiger partial charge in [-0.15, -0.1) is 0 Å². The Morgan fingerprint density at radius 3 is 2.67 bits per heavy atom. The summed E-state index contributed by atoms with van der Waals surface area (Å²) in [5, 5.41) is 8.62. The van der Waals surface area contributed by atoms with Gasteiger partial charge in [0.1, 0.15) is 17.0 Å². The zero-order valence-electron chi connectivity index (χ0n) is 21.7. The third-order valence-corrected chi connectivity index (χ3v) is 7.47. The third-order valence-electron chi connectivity index (χ3n) is 7.47. The summed E-state index contributed by atoms with van der Waals surface area (Å²) in [6, 6.07) is 15.1. The zero-order valence-corrected chi connectivity index (χ0v) is 21.7. The number of halogens is 1. The normalized spacial score (nSPS) is 14.4.